The van der Waals surface area contributed by atoms with Crippen molar-refractivity contribution in [3.05, 3.63) is 76.8 Å². The second-order valence-electron chi connectivity index (χ2n) is 6.40. The van der Waals surface area contributed by atoms with Crippen LogP contribution in [0, 0.1) is 6.92 Å². The molecule has 6 heteroatoms. The maximum atomic E-state index is 6.26. The Morgan fingerprint density at radius 2 is 2.04 bits per heavy atom. The first-order valence-electron chi connectivity index (χ1n) is 8.35. The first-order valence-corrected chi connectivity index (χ1v) is 9.14. The van der Waals surface area contributed by atoms with E-state index in [-0.39, 0.29) is 12.1 Å². The van der Waals surface area contributed by atoms with Crippen molar-refractivity contribution in [2.75, 3.05) is 7.05 Å². The van der Waals surface area contributed by atoms with Crippen LogP contribution in [0.1, 0.15) is 29.1 Å². The van der Waals surface area contributed by atoms with E-state index in [1.165, 1.54) is 0 Å². The molecule has 3 aromatic rings. The maximum absolute atomic E-state index is 6.26. The summed E-state index contributed by atoms with van der Waals surface area (Å²) in [4.78, 5) is 6.50. The summed E-state index contributed by atoms with van der Waals surface area (Å²) < 4.78 is 6.19. The van der Waals surface area contributed by atoms with Crippen molar-refractivity contribution in [3.63, 3.8) is 0 Å². The molecule has 2 atom stereocenters. The Balaban J connectivity index is 1.70. The molecule has 2 aromatic heterocycles. The third-order valence-electron chi connectivity index (χ3n) is 4.71. The Labute approximate surface area is 162 Å². The second-order valence-corrected chi connectivity index (χ2v) is 7.20. The minimum Gasteiger partial charge on any atom is -0.459 e. The number of likely N-dealkylation sites (N-methyl/N-ethyl adjacent to an activating group) is 1. The summed E-state index contributed by atoms with van der Waals surface area (Å²) in [5.74, 6) is 1.62. The standard InChI is InChI=1S/C20H18ClN3OS/c1-12-6-7-13(11-14(12)21)16-8-9-17(25-16)19-18(23-20(26)24(19)2)15-5-3-4-10-22-15/h3-11,18-19H,1-2H3,(H,23,26)/t18-,19-/m1/s1. The van der Waals surface area contributed by atoms with Gasteiger partial charge in [0.15, 0.2) is 5.11 Å². The molecule has 1 aliphatic heterocycles. The number of aromatic nitrogens is 1. The number of halogens is 1. The van der Waals surface area contributed by atoms with E-state index in [0.717, 1.165) is 33.4 Å². The number of hydrogen-bond acceptors (Lipinski definition) is 3. The SMILES string of the molecule is Cc1ccc(-c2ccc([C@@H]3[C@@H](c4ccccn4)NC(=S)N3C)o2)cc1Cl. The fraction of sp³-hybridized carbons (Fsp3) is 0.200. The maximum Gasteiger partial charge on any atom is 0.170 e. The van der Waals surface area contributed by atoms with Gasteiger partial charge in [0.2, 0.25) is 0 Å². The van der Waals surface area contributed by atoms with E-state index in [1.807, 2.05) is 67.4 Å². The van der Waals surface area contributed by atoms with Gasteiger partial charge in [-0.05, 0) is 55.0 Å². The topological polar surface area (TPSA) is 41.3 Å². The Morgan fingerprint density at radius 3 is 2.77 bits per heavy atom. The van der Waals surface area contributed by atoms with Gasteiger partial charge in [-0.15, -0.1) is 0 Å². The Kier molecular flexibility index (Phi) is 4.42. The quantitative estimate of drug-likeness (QED) is 0.651. The highest BCUT2D eigenvalue weighted by atomic mass is 35.5. The summed E-state index contributed by atoms with van der Waals surface area (Å²) in [6.45, 7) is 1.98. The number of benzene rings is 1. The number of nitrogens with one attached hydrogen (secondary N) is 1. The molecule has 4 rings (SSSR count). The number of rotatable bonds is 3. The average Bonchev–Trinajstić information content (AvgIpc) is 3.24. The van der Waals surface area contributed by atoms with Crippen LogP contribution in [-0.4, -0.2) is 22.0 Å². The molecule has 0 bridgehead atoms. The predicted molar refractivity (Wildman–Crippen MR) is 107 cm³/mol. The smallest absolute Gasteiger partial charge is 0.170 e. The van der Waals surface area contributed by atoms with E-state index < -0.39 is 0 Å². The summed E-state index contributed by atoms with van der Waals surface area (Å²) in [7, 11) is 1.97. The van der Waals surface area contributed by atoms with Crippen molar-refractivity contribution in [2.24, 2.45) is 0 Å². The summed E-state index contributed by atoms with van der Waals surface area (Å²) in [5, 5.41) is 4.76. The lowest BCUT2D eigenvalue weighted by Crippen LogP contribution is -2.24. The molecule has 1 N–H and O–H groups in total. The van der Waals surface area contributed by atoms with Crippen molar-refractivity contribution in [1.82, 2.24) is 15.2 Å². The van der Waals surface area contributed by atoms with Gasteiger partial charge in [0.05, 0.1) is 11.7 Å². The molecule has 0 aliphatic carbocycles. The Hall–Kier alpha value is -2.37. The van der Waals surface area contributed by atoms with Crippen molar-refractivity contribution >= 4 is 28.9 Å². The lowest BCUT2D eigenvalue weighted by atomic mass is 10.0. The normalized spacial score (nSPS) is 19.7. The molecule has 4 nitrogen and oxygen atoms in total. The molecule has 0 saturated carbocycles. The van der Waals surface area contributed by atoms with Crippen LogP contribution in [0.15, 0.2) is 59.1 Å². The highest BCUT2D eigenvalue weighted by Gasteiger charge is 2.39. The van der Waals surface area contributed by atoms with E-state index >= 15 is 0 Å². The Morgan fingerprint density at radius 1 is 1.19 bits per heavy atom. The van der Waals surface area contributed by atoms with Gasteiger partial charge in [0, 0.05) is 23.8 Å². The van der Waals surface area contributed by atoms with Gasteiger partial charge in [-0.3, -0.25) is 4.98 Å². The zero-order valence-corrected chi connectivity index (χ0v) is 16.0. The fourth-order valence-electron chi connectivity index (χ4n) is 3.23. The lowest BCUT2D eigenvalue weighted by Gasteiger charge is -2.21. The second kappa shape index (κ2) is 6.74. The fourth-order valence-corrected chi connectivity index (χ4v) is 3.65. The number of thiocarbonyl (C=S) groups is 1. The van der Waals surface area contributed by atoms with Crippen molar-refractivity contribution in [2.45, 2.75) is 19.0 Å². The molecule has 0 amide bonds. The summed E-state index contributed by atoms with van der Waals surface area (Å²) in [6.07, 6.45) is 1.79. The van der Waals surface area contributed by atoms with Gasteiger partial charge in [-0.1, -0.05) is 29.8 Å². The van der Waals surface area contributed by atoms with Crippen molar-refractivity contribution < 1.29 is 4.42 Å². The van der Waals surface area contributed by atoms with Gasteiger partial charge >= 0.3 is 0 Å². The third kappa shape index (κ3) is 2.97. The minimum absolute atomic E-state index is 0.0608. The Bertz CT molecular complexity index is 957. The number of nitrogens with zero attached hydrogens (tertiary/aromatic N) is 2. The number of furan rings is 1. The molecule has 0 unspecified atom stereocenters. The zero-order chi connectivity index (χ0) is 18.3. The molecular weight excluding hydrogens is 366 g/mol. The first kappa shape index (κ1) is 17.1. The molecule has 26 heavy (non-hydrogen) atoms. The van der Waals surface area contributed by atoms with Gasteiger partial charge < -0.3 is 14.6 Å². The molecule has 1 aromatic carbocycles. The molecule has 3 heterocycles. The molecule has 0 spiro atoms. The molecule has 1 saturated heterocycles. The highest BCUT2D eigenvalue weighted by molar-refractivity contribution is 7.80. The lowest BCUT2D eigenvalue weighted by molar-refractivity contribution is 0.310. The van der Waals surface area contributed by atoms with Crippen molar-refractivity contribution in [1.29, 1.82) is 0 Å². The summed E-state index contributed by atoms with van der Waals surface area (Å²) >= 11 is 11.7. The van der Waals surface area contributed by atoms with Crippen LogP contribution in [0.3, 0.4) is 0 Å². The third-order valence-corrected chi connectivity index (χ3v) is 5.53. The van der Waals surface area contributed by atoms with E-state index in [4.69, 9.17) is 28.2 Å². The van der Waals surface area contributed by atoms with Crippen LogP contribution in [0.4, 0.5) is 0 Å². The van der Waals surface area contributed by atoms with Crippen LogP contribution in [0.2, 0.25) is 5.02 Å². The van der Waals surface area contributed by atoms with E-state index in [1.54, 1.807) is 6.20 Å². The van der Waals surface area contributed by atoms with Crippen LogP contribution >= 0.6 is 23.8 Å². The number of pyridine rings is 1. The first-order chi connectivity index (χ1) is 12.5. The number of hydrogen-bond donors (Lipinski definition) is 1. The molecule has 1 aliphatic rings. The van der Waals surface area contributed by atoms with Crippen LogP contribution < -0.4 is 5.32 Å². The van der Waals surface area contributed by atoms with Crippen LogP contribution in [0.5, 0.6) is 0 Å². The number of aryl methyl sites for hydroxylation is 1. The monoisotopic (exact) mass is 383 g/mol. The zero-order valence-electron chi connectivity index (χ0n) is 14.4. The predicted octanol–water partition coefficient (Wildman–Crippen LogP) is 4.91. The summed E-state index contributed by atoms with van der Waals surface area (Å²) in [5.41, 5.74) is 2.93. The minimum atomic E-state index is -0.0629. The summed E-state index contributed by atoms with van der Waals surface area (Å²) in [6, 6.07) is 15.7. The van der Waals surface area contributed by atoms with E-state index in [0.29, 0.717) is 5.11 Å². The van der Waals surface area contributed by atoms with Gasteiger partial charge in [0.1, 0.15) is 17.6 Å². The van der Waals surface area contributed by atoms with Gasteiger partial charge in [-0.25, -0.2) is 0 Å². The molecule has 132 valence electrons. The van der Waals surface area contributed by atoms with E-state index in [9.17, 15) is 0 Å². The average molecular weight is 384 g/mol. The largest absolute Gasteiger partial charge is 0.459 e. The van der Waals surface area contributed by atoms with Gasteiger partial charge in [-0.2, -0.15) is 0 Å². The molecule has 1 fully saturated rings. The van der Waals surface area contributed by atoms with E-state index in [2.05, 4.69) is 10.3 Å². The van der Waals surface area contributed by atoms with Crippen LogP contribution in [-0.2, 0) is 0 Å². The van der Waals surface area contributed by atoms with Crippen LogP contribution in [0.25, 0.3) is 11.3 Å². The van der Waals surface area contributed by atoms with Gasteiger partial charge in [0.25, 0.3) is 0 Å². The molecule has 0 radical (unpaired) electrons. The molecular formula is C20H18ClN3OS. The van der Waals surface area contributed by atoms with Crippen molar-refractivity contribution in [3.8, 4) is 11.3 Å². The highest BCUT2D eigenvalue weighted by Crippen LogP contribution is 2.39.